The zero-order valence-electron chi connectivity index (χ0n) is 15.7. The van der Waals surface area contributed by atoms with Crippen molar-refractivity contribution >= 4 is 21.6 Å². The number of ether oxygens (including phenoxy) is 2. The third-order valence-electron chi connectivity index (χ3n) is 5.33. The Balaban J connectivity index is 1.62. The molecule has 5 rings (SSSR count). The average Bonchev–Trinajstić information content (AvgIpc) is 3.19. The van der Waals surface area contributed by atoms with Crippen molar-refractivity contribution in [3.05, 3.63) is 93.7 Å². The number of hydrazone groups is 1. The van der Waals surface area contributed by atoms with E-state index < -0.39 is 6.23 Å². The summed E-state index contributed by atoms with van der Waals surface area (Å²) in [5, 5.41) is 6.89. The van der Waals surface area contributed by atoms with Crippen molar-refractivity contribution in [3.8, 4) is 11.5 Å². The van der Waals surface area contributed by atoms with Gasteiger partial charge in [0.1, 0.15) is 17.3 Å². The summed E-state index contributed by atoms with van der Waals surface area (Å²) >= 11 is 3.57. The van der Waals surface area contributed by atoms with E-state index in [2.05, 4.69) is 22.0 Å². The van der Waals surface area contributed by atoms with Gasteiger partial charge in [-0.2, -0.15) is 5.10 Å². The van der Waals surface area contributed by atoms with Crippen molar-refractivity contribution in [2.75, 3.05) is 7.11 Å². The molecule has 0 fully saturated rings. The molecule has 2 heterocycles. The first-order valence-electron chi connectivity index (χ1n) is 9.35. The molecule has 0 bridgehead atoms. The van der Waals surface area contributed by atoms with Gasteiger partial charge in [-0.3, -0.25) is 0 Å². The molecule has 0 saturated carbocycles. The van der Waals surface area contributed by atoms with E-state index >= 15 is 0 Å². The van der Waals surface area contributed by atoms with E-state index in [0.717, 1.165) is 38.4 Å². The van der Waals surface area contributed by atoms with Crippen molar-refractivity contribution in [3.63, 3.8) is 0 Å². The van der Waals surface area contributed by atoms with Gasteiger partial charge in [0.25, 0.3) is 0 Å². The molecule has 0 amide bonds. The van der Waals surface area contributed by atoms with E-state index in [1.165, 1.54) is 12.1 Å². The van der Waals surface area contributed by atoms with Crippen LogP contribution in [0.1, 0.15) is 35.4 Å². The molecule has 2 aliphatic heterocycles. The lowest BCUT2D eigenvalue weighted by atomic mass is 9.96. The minimum absolute atomic E-state index is 0.0196. The molecule has 0 aromatic heterocycles. The van der Waals surface area contributed by atoms with Crippen LogP contribution in [0.2, 0.25) is 0 Å². The van der Waals surface area contributed by atoms with Gasteiger partial charge in [0, 0.05) is 16.5 Å². The zero-order chi connectivity index (χ0) is 20.0. The molecule has 146 valence electrons. The molecular formula is C23H18BrFN2O2. The molecule has 2 atom stereocenters. The van der Waals surface area contributed by atoms with Crippen molar-refractivity contribution in [1.29, 1.82) is 0 Å². The highest BCUT2D eigenvalue weighted by Crippen LogP contribution is 2.49. The number of hydrogen-bond donors (Lipinski definition) is 0. The van der Waals surface area contributed by atoms with Crippen LogP contribution in [0.5, 0.6) is 11.5 Å². The molecule has 0 N–H and O–H groups in total. The van der Waals surface area contributed by atoms with E-state index in [0.29, 0.717) is 6.42 Å². The van der Waals surface area contributed by atoms with E-state index in [-0.39, 0.29) is 11.9 Å². The number of methoxy groups -OCH3 is 1. The zero-order valence-corrected chi connectivity index (χ0v) is 17.3. The second-order valence-corrected chi connectivity index (χ2v) is 7.96. The summed E-state index contributed by atoms with van der Waals surface area (Å²) in [6.07, 6.45) is 0.298. The normalized spacial score (nSPS) is 19.8. The van der Waals surface area contributed by atoms with Gasteiger partial charge in [-0.25, -0.2) is 9.40 Å². The molecule has 3 aromatic rings. The molecule has 4 nitrogen and oxygen atoms in total. The van der Waals surface area contributed by atoms with Gasteiger partial charge >= 0.3 is 0 Å². The molecular weight excluding hydrogens is 435 g/mol. The maximum Gasteiger partial charge on any atom is 0.217 e. The van der Waals surface area contributed by atoms with Crippen LogP contribution in [0.15, 0.2) is 76.3 Å². The Morgan fingerprint density at radius 1 is 1.07 bits per heavy atom. The summed E-state index contributed by atoms with van der Waals surface area (Å²) in [5.74, 6) is 1.33. The van der Waals surface area contributed by atoms with Gasteiger partial charge in [0.15, 0.2) is 0 Å². The van der Waals surface area contributed by atoms with Crippen LogP contribution in [0.25, 0.3) is 0 Å². The summed E-state index contributed by atoms with van der Waals surface area (Å²) in [6, 6.07) is 20.3. The van der Waals surface area contributed by atoms with Crippen LogP contribution in [-0.4, -0.2) is 17.8 Å². The monoisotopic (exact) mass is 452 g/mol. The molecule has 0 spiro atoms. The smallest absolute Gasteiger partial charge is 0.217 e. The molecule has 3 aromatic carbocycles. The van der Waals surface area contributed by atoms with Crippen LogP contribution in [-0.2, 0) is 0 Å². The predicted molar refractivity (Wildman–Crippen MR) is 113 cm³/mol. The van der Waals surface area contributed by atoms with Crippen LogP contribution in [0.4, 0.5) is 4.39 Å². The average molecular weight is 453 g/mol. The molecule has 29 heavy (non-hydrogen) atoms. The minimum atomic E-state index is -0.414. The second-order valence-electron chi connectivity index (χ2n) is 7.05. The fourth-order valence-corrected chi connectivity index (χ4v) is 4.33. The Morgan fingerprint density at radius 3 is 2.66 bits per heavy atom. The number of benzene rings is 3. The molecule has 0 radical (unpaired) electrons. The van der Waals surface area contributed by atoms with Crippen LogP contribution in [0.3, 0.4) is 0 Å². The van der Waals surface area contributed by atoms with Gasteiger partial charge in [-0.1, -0.05) is 40.2 Å². The van der Waals surface area contributed by atoms with Gasteiger partial charge < -0.3 is 9.47 Å². The summed E-state index contributed by atoms with van der Waals surface area (Å²) in [6.45, 7) is 0. The summed E-state index contributed by atoms with van der Waals surface area (Å²) < 4.78 is 26.3. The summed E-state index contributed by atoms with van der Waals surface area (Å²) in [5.41, 5.74) is 3.81. The van der Waals surface area contributed by atoms with Crippen LogP contribution in [0, 0.1) is 5.82 Å². The largest absolute Gasteiger partial charge is 0.496 e. The van der Waals surface area contributed by atoms with Gasteiger partial charge in [0.05, 0.1) is 24.4 Å². The molecule has 0 unspecified atom stereocenters. The van der Waals surface area contributed by atoms with Crippen LogP contribution >= 0.6 is 15.9 Å². The Labute approximate surface area is 176 Å². The lowest BCUT2D eigenvalue weighted by molar-refractivity contribution is -0.0203. The topological polar surface area (TPSA) is 34.1 Å². The van der Waals surface area contributed by atoms with E-state index in [4.69, 9.17) is 14.6 Å². The Morgan fingerprint density at radius 2 is 1.86 bits per heavy atom. The van der Waals surface area contributed by atoms with E-state index in [1.807, 2.05) is 41.4 Å². The number of halogens is 2. The van der Waals surface area contributed by atoms with Gasteiger partial charge in [0.2, 0.25) is 6.23 Å². The molecule has 2 aliphatic rings. The SMILES string of the molecule is COc1ccccc1[C@H]1Oc2ccc(Br)cc2[C@H]2CC(c3ccc(F)cc3)=NN21. The number of hydrogen-bond acceptors (Lipinski definition) is 4. The summed E-state index contributed by atoms with van der Waals surface area (Å²) in [4.78, 5) is 0. The maximum atomic E-state index is 13.4. The highest BCUT2D eigenvalue weighted by Gasteiger charge is 2.42. The third-order valence-corrected chi connectivity index (χ3v) is 5.83. The fraction of sp³-hybridized carbons (Fsp3) is 0.174. The van der Waals surface area contributed by atoms with E-state index in [1.54, 1.807) is 19.2 Å². The van der Waals surface area contributed by atoms with Gasteiger partial charge in [-0.05, 0) is 48.0 Å². The Hall–Kier alpha value is -2.86. The van der Waals surface area contributed by atoms with Crippen molar-refractivity contribution in [1.82, 2.24) is 5.01 Å². The number of nitrogens with zero attached hydrogens (tertiary/aromatic N) is 2. The lowest BCUT2D eigenvalue weighted by Crippen LogP contribution is -2.34. The molecule has 0 aliphatic carbocycles. The van der Waals surface area contributed by atoms with E-state index in [9.17, 15) is 4.39 Å². The first-order chi connectivity index (χ1) is 14.1. The minimum Gasteiger partial charge on any atom is -0.496 e. The maximum absolute atomic E-state index is 13.4. The Kier molecular flexibility index (Phi) is 4.51. The van der Waals surface area contributed by atoms with Crippen LogP contribution < -0.4 is 9.47 Å². The number of fused-ring (bicyclic) bond motifs is 3. The predicted octanol–water partition coefficient (Wildman–Crippen LogP) is 5.84. The summed E-state index contributed by atoms with van der Waals surface area (Å²) in [7, 11) is 1.65. The highest BCUT2D eigenvalue weighted by molar-refractivity contribution is 9.10. The Bertz CT molecular complexity index is 1100. The second kappa shape index (κ2) is 7.19. The van der Waals surface area contributed by atoms with Crippen molar-refractivity contribution in [2.24, 2.45) is 5.10 Å². The quantitative estimate of drug-likeness (QED) is 0.500. The highest BCUT2D eigenvalue weighted by atomic mass is 79.9. The fourth-order valence-electron chi connectivity index (χ4n) is 3.95. The first kappa shape index (κ1) is 18.2. The van der Waals surface area contributed by atoms with Gasteiger partial charge in [-0.15, -0.1) is 0 Å². The van der Waals surface area contributed by atoms with Crippen molar-refractivity contribution in [2.45, 2.75) is 18.7 Å². The molecule has 6 heteroatoms. The van der Waals surface area contributed by atoms with Crippen molar-refractivity contribution < 1.29 is 13.9 Å². The first-order valence-corrected chi connectivity index (χ1v) is 10.1. The standard InChI is InChI=1S/C23H18BrFN2O2/c1-28-21-5-3-2-4-17(21)23-27-20(18-12-15(24)8-11-22(18)29-23)13-19(26-27)14-6-9-16(25)10-7-14/h2-12,20,23H,13H2,1H3/t20-,23-/m1/s1. The lowest BCUT2D eigenvalue weighted by Gasteiger charge is -2.38. The number of rotatable bonds is 3. The third kappa shape index (κ3) is 3.17. The number of para-hydroxylation sites is 1. The molecule has 0 saturated heterocycles.